The van der Waals surface area contributed by atoms with E-state index in [1.807, 2.05) is 0 Å². The molecule has 0 radical (unpaired) electrons. The van der Waals surface area contributed by atoms with Crippen molar-refractivity contribution in [3.63, 3.8) is 0 Å². The molecular formula is C18H39NO. The van der Waals surface area contributed by atoms with Gasteiger partial charge in [-0.15, -0.1) is 0 Å². The van der Waals surface area contributed by atoms with Gasteiger partial charge in [0.25, 0.3) is 0 Å². The molecule has 0 saturated heterocycles. The Morgan fingerprint density at radius 3 is 1.75 bits per heavy atom. The minimum atomic E-state index is -0.150. The first kappa shape index (κ1) is 19.9. The number of aliphatic hydroxyl groups is 1. The van der Waals surface area contributed by atoms with Crippen LogP contribution in [0.2, 0.25) is 0 Å². The molecule has 0 fully saturated rings. The second kappa shape index (κ2) is 15.3. The van der Waals surface area contributed by atoms with Crippen molar-refractivity contribution in [2.24, 2.45) is 5.92 Å². The Morgan fingerprint density at radius 1 is 0.750 bits per heavy atom. The summed E-state index contributed by atoms with van der Waals surface area (Å²) in [6.45, 7) is 8.43. The van der Waals surface area contributed by atoms with Crippen LogP contribution >= 0.6 is 0 Å². The molecule has 0 aliphatic carbocycles. The Labute approximate surface area is 127 Å². The Morgan fingerprint density at radius 2 is 1.25 bits per heavy atom. The fourth-order valence-corrected chi connectivity index (χ4v) is 2.51. The van der Waals surface area contributed by atoms with Crippen LogP contribution in [0.25, 0.3) is 0 Å². The van der Waals surface area contributed by atoms with E-state index in [4.69, 9.17) is 0 Å². The van der Waals surface area contributed by atoms with Gasteiger partial charge >= 0.3 is 0 Å². The molecule has 0 aromatic rings. The smallest absolute Gasteiger partial charge is 0.0664 e. The molecule has 2 N–H and O–H groups in total. The molecule has 0 amide bonds. The molecule has 0 spiro atoms. The topological polar surface area (TPSA) is 32.3 Å². The summed E-state index contributed by atoms with van der Waals surface area (Å²) in [4.78, 5) is 0. The van der Waals surface area contributed by atoms with E-state index in [-0.39, 0.29) is 6.10 Å². The van der Waals surface area contributed by atoms with Crippen molar-refractivity contribution >= 4 is 0 Å². The molecule has 0 rings (SSSR count). The predicted molar refractivity (Wildman–Crippen MR) is 90.2 cm³/mol. The van der Waals surface area contributed by atoms with Gasteiger partial charge in [0.2, 0.25) is 0 Å². The van der Waals surface area contributed by atoms with E-state index in [1.54, 1.807) is 0 Å². The second-order valence-corrected chi connectivity index (χ2v) is 6.68. The van der Waals surface area contributed by atoms with Crippen LogP contribution in [0.4, 0.5) is 0 Å². The first-order valence-corrected chi connectivity index (χ1v) is 9.05. The first-order valence-electron chi connectivity index (χ1n) is 9.05. The highest BCUT2D eigenvalue weighted by molar-refractivity contribution is 4.61. The highest BCUT2D eigenvalue weighted by Crippen LogP contribution is 2.11. The van der Waals surface area contributed by atoms with E-state index in [1.165, 1.54) is 64.2 Å². The average Bonchev–Trinajstić information content (AvgIpc) is 2.40. The maximum atomic E-state index is 9.82. The van der Waals surface area contributed by atoms with Gasteiger partial charge in [0.1, 0.15) is 0 Å². The number of nitrogens with one attached hydrogen (secondary N) is 1. The van der Waals surface area contributed by atoms with Crippen LogP contribution in [0.1, 0.15) is 91.4 Å². The minimum Gasteiger partial charge on any atom is -0.392 e. The highest BCUT2D eigenvalue weighted by atomic mass is 16.3. The normalized spacial score (nSPS) is 13.1. The zero-order chi connectivity index (χ0) is 15.1. The number of hydrogen-bond donors (Lipinski definition) is 2. The molecule has 1 atom stereocenters. The Balaban J connectivity index is 3.11. The second-order valence-electron chi connectivity index (χ2n) is 6.68. The van der Waals surface area contributed by atoms with Crippen LogP contribution in [0.3, 0.4) is 0 Å². The van der Waals surface area contributed by atoms with Crippen molar-refractivity contribution in [2.75, 3.05) is 13.1 Å². The summed E-state index contributed by atoms with van der Waals surface area (Å²) in [6, 6.07) is 0. The number of rotatable bonds is 15. The Hall–Kier alpha value is -0.0800. The van der Waals surface area contributed by atoms with Crippen LogP contribution in [-0.2, 0) is 0 Å². The molecule has 20 heavy (non-hydrogen) atoms. The van der Waals surface area contributed by atoms with Crippen molar-refractivity contribution in [1.82, 2.24) is 5.32 Å². The quantitative estimate of drug-likeness (QED) is 0.419. The summed E-state index contributed by atoms with van der Waals surface area (Å²) < 4.78 is 0. The van der Waals surface area contributed by atoms with Crippen molar-refractivity contribution in [2.45, 2.75) is 97.5 Å². The standard InChI is InChI=1S/C18H39NO/c1-4-5-6-7-8-9-10-11-12-13-14-18(20)16-19-15-17(2)3/h17-20H,4-16H2,1-3H3. The lowest BCUT2D eigenvalue weighted by Gasteiger charge is -2.13. The van der Waals surface area contributed by atoms with Crippen LogP contribution < -0.4 is 5.32 Å². The lowest BCUT2D eigenvalue weighted by atomic mass is 10.0. The van der Waals surface area contributed by atoms with E-state index in [9.17, 15) is 5.11 Å². The maximum Gasteiger partial charge on any atom is 0.0664 e. The van der Waals surface area contributed by atoms with Gasteiger partial charge in [0.05, 0.1) is 6.10 Å². The fourth-order valence-electron chi connectivity index (χ4n) is 2.51. The summed E-state index contributed by atoms with van der Waals surface area (Å²) in [5, 5.41) is 13.1. The van der Waals surface area contributed by atoms with Crippen molar-refractivity contribution < 1.29 is 5.11 Å². The predicted octanol–water partition coefficient (Wildman–Crippen LogP) is 4.90. The number of hydrogen-bond acceptors (Lipinski definition) is 2. The molecule has 0 bridgehead atoms. The zero-order valence-corrected chi connectivity index (χ0v) is 14.3. The van der Waals surface area contributed by atoms with E-state index in [0.717, 1.165) is 19.5 Å². The Kier molecular flexibility index (Phi) is 15.3. The average molecular weight is 286 g/mol. The summed E-state index contributed by atoms with van der Waals surface area (Å²) in [6.07, 6.45) is 14.4. The van der Waals surface area contributed by atoms with Gasteiger partial charge in [-0.05, 0) is 18.9 Å². The summed E-state index contributed by atoms with van der Waals surface area (Å²) >= 11 is 0. The molecular weight excluding hydrogens is 246 g/mol. The molecule has 2 nitrogen and oxygen atoms in total. The van der Waals surface area contributed by atoms with Crippen LogP contribution in [-0.4, -0.2) is 24.3 Å². The molecule has 2 heteroatoms. The van der Waals surface area contributed by atoms with E-state index < -0.39 is 0 Å². The maximum absolute atomic E-state index is 9.82. The molecule has 0 aromatic carbocycles. The third-order valence-corrected chi connectivity index (χ3v) is 3.82. The fraction of sp³-hybridized carbons (Fsp3) is 1.00. The molecule has 0 aliphatic heterocycles. The lowest BCUT2D eigenvalue weighted by Crippen LogP contribution is -2.29. The third kappa shape index (κ3) is 16.0. The number of unbranched alkanes of at least 4 members (excludes halogenated alkanes) is 9. The van der Waals surface area contributed by atoms with Gasteiger partial charge < -0.3 is 10.4 Å². The van der Waals surface area contributed by atoms with Gasteiger partial charge in [-0.2, -0.15) is 0 Å². The van der Waals surface area contributed by atoms with Gasteiger partial charge in [-0.25, -0.2) is 0 Å². The zero-order valence-electron chi connectivity index (χ0n) is 14.3. The minimum absolute atomic E-state index is 0.150. The van der Waals surface area contributed by atoms with E-state index >= 15 is 0 Å². The Bertz CT molecular complexity index is 182. The molecule has 122 valence electrons. The monoisotopic (exact) mass is 285 g/mol. The number of aliphatic hydroxyl groups excluding tert-OH is 1. The van der Waals surface area contributed by atoms with Gasteiger partial charge in [0, 0.05) is 6.54 Å². The lowest BCUT2D eigenvalue weighted by molar-refractivity contribution is 0.157. The molecule has 0 heterocycles. The SMILES string of the molecule is CCCCCCCCCCCCC(O)CNCC(C)C. The van der Waals surface area contributed by atoms with Crippen molar-refractivity contribution in [1.29, 1.82) is 0 Å². The van der Waals surface area contributed by atoms with Gasteiger partial charge in [-0.3, -0.25) is 0 Å². The summed E-state index contributed by atoms with van der Waals surface area (Å²) in [5.41, 5.74) is 0. The third-order valence-electron chi connectivity index (χ3n) is 3.82. The van der Waals surface area contributed by atoms with Crippen molar-refractivity contribution in [3.05, 3.63) is 0 Å². The molecule has 1 unspecified atom stereocenters. The summed E-state index contributed by atoms with van der Waals surface area (Å²) in [5.74, 6) is 0.666. The summed E-state index contributed by atoms with van der Waals surface area (Å²) in [7, 11) is 0. The van der Waals surface area contributed by atoms with Gasteiger partial charge in [-0.1, -0.05) is 85.0 Å². The van der Waals surface area contributed by atoms with Crippen LogP contribution in [0.5, 0.6) is 0 Å². The highest BCUT2D eigenvalue weighted by Gasteiger charge is 2.03. The molecule has 0 saturated carbocycles. The van der Waals surface area contributed by atoms with Gasteiger partial charge in [0.15, 0.2) is 0 Å². The van der Waals surface area contributed by atoms with Crippen LogP contribution in [0, 0.1) is 5.92 Å². The molecule has 0 aliphatic rings. The largest absolute Gasteiger partial charge is 0.392 e. The molecule has 0 aromatic heterocycles. The van der Waals surface area contributed by atoms with E-state index in [0.29, 0.717) is 5.92 Å². The van der Waals surface area contributed by atoms with E-state index in [2.05, 4.69) is 26.1 Å². The van der Waals surface area contributed by atoms with Crippen molar-refractivity contribution in [3.8, 4) is 0 Å². The first-order chi connectivity index (χ1) is 9.66. The van der Waals surface area contributed by atoms with Crippen LogP contribution in [0.15, 0.2) is 0 Å².